The maximum absolute atomic E-state index is 14.1. The van der Waals surface area contributed by atoms with E-state index in [1.54, 1.807) is 43.3 Å². The molecule has 0 unspecified atom stereocenters. The Balaban J connectivity index is 1.13. The Morgan fingerprint density at radius 3 is 2.00 bits per heavy atom. The first-order valence-corrected chi connectivity index (χ1v) is 24.9. The first-order chi connectivity index (χ1) is 30.9. The number of rotatable bonds is 16. The lowest BCUT2D eigenvalue weighted by Crippen LogP contribution is -2.46. The van der Waals surface area contributed by atoms with Crippen molar-refractivity contribution in [2.45, 2.75) is 102 Å². The highest BCUT2D eigenvalue weighted by molar-refractivity contribution is 7.89. The van der Waals surface area contributed by atoms with E-state index >= 15 is 0 Å². The molecule has 2 aliphatic rings. The zero-order valence-corrected chi connectivity index (χ0v) is 39.2. The van der Waals surface area contributed by atoms with E-state index < -0.39 is 55.5 Å². The largest absolute Gasteiger partial charge is 0.456 e. The molecule has 2 fully saturated rings. The molecule has 0 bridgehead atoms. The summed E-state index contributed by atoms with van der Waals surface area (Å²) in [6.07, 6.45) is 5.82. The van der Waals surface area contributed by atoms with Crippen molar-refractivity contribution in [1.82, 2.24) is 18.7 Å². The molecule has 3 amide bonds. The van der Waals surface area contributed by atoms with Gasteiger partial charge in [-0.25, -0.2) is 27.6 Å². The number of benzene rings is 3. The molecule has 1 aliphatic heterocycles. The summed E-state index contributed by atoms with van der Waals surface area (Å²) in [7, 11) is -6.87. The fourth-order valence-electron chi connectivity index (χ4n) is 8.05. The van der Waals surface area contributed by atoms with Gasteiger partial charge in [0.2, 0.25) is 15.9 Å². The minimum absolute atomic E-state index is 0.00546. The van der Waals surface area contributed by atoms with Crippen molar-refractivity contribution in [1.29, 1.82) is 0 Å². The van der Waals surface area contributed by atoms with Crippen molar-refractivity contribution in [2.24, 2.45) is 5.92 Å². The molecule has 348 valence electrons. The van der Waals surface area contributed by atoms with Crippen LogP contribution in [0.5, 0.6) is 0 Å². The normalized spacial score (nSPS) is 17.0. The van der Waals surface area contributed by atoms with E-state index in [2.05, 4.69) is 20.3 Å². The Morgan fingerprint density at radius 1 is 0.769 bits per heavy atom. The predicted octanol–water partition coefficient (Wildman–Crippen LogP) is 6.47. The molecule has 6 rings (SSSR count). The standard InChI is InChI=1S/C47H59N7O9S2/c1-6-54(38-25-21-34(22-26-38)44(56)52-65(61,62)48-5)64(59,60)39-12-10-11-36(31-39)43(55)50-40-27-28-41(53-29-8-7-9-30-53)51-42(40)45(57)49-37-23-17-33(18-24-37)14-13-32-15-19-35(20-16-32)46(58)63-47(2,3)4/h10-12,15-20,23-24,27-28,31,34,38,48H,6-9,13-14,21-22,25-26,29-30H2,1-5H3,(H,49,57)(H,50,55)(H,52,56). The zero-order chi connectivity index (χ0) is 46.9. The van der Waals surface area contributed by atoms with E-state index in [9.17, 15) is 36.0 Å². The highest BCUT2D eigenvalue weighted by Crippen LogP contribution is 2.32. The second kappa shape index (κ2) is 21.1. The molecular weight excluding hydrogens is 871 g/mol. The predicted molar refractivity (Wildman–Crippen MR) is 250 cm³/mol. The van der Waals surface area contributed by atoms with Gasteiger partial charge in [0.15, 0.2) is 5.69 Å². The Morgan fingerprint density at radius 2 is 1.40 bits per heavy atom. The summed E-state index contributed by atoms with van der Waals surface area (Å²) in [4.78, 5) is 59.6. The number of piperidine rings is 1. The van der Waals surface area contributed by atoms with Gasteiger partial charge in [0.1, 0.15) is 11.4 Å². The van der Waals surface area contributed by atoms with E-state index in [-0.39, 0.29) is 34.4 Å². The van der Waals surface area contributed by atoms with Crippen molar-refractivity contribution >= 4 is 61.1 Å². The fraction of sp³-hybridized carbons (Fsp3) is 0.426. The van der Waals surface area contributed by atoms with Crippen molar-refractivity contribution in [3.63, 3.8) is 0 Å². The van der Waals surface area contributed by atoms with Crippen LogP contribution in [0.25, 0.3) is 0 Å². The van der Waals surface area contributed by atoms with Gasteiger partial charge in [0, 0.05) is 49.9 Å². The maximum Gasteiger partial charge on any atom is 0.338 e. The Bertz CT molecular complexity index is 2570. The lowest BCUT2D eigenvalue weighted by Gasteiger charge is -2.35. The lowest BCUT2D eigenvalue weighted by molar-refractivity contribution is -0.124. The van der Waals surface area contributed by atoms with E-state index in [0.717, 1.165) is 56.3 Å². The van der Waals surface area contributed by atoms with Crippen LogP contribution in [0.4, 0.5) is 17.2 Å². The van der Waals surface area contributed by atoms with Crippen LogP contribution in [0.3, 0.4) is 0 Å². The van der Waals surface area contributed by atoms with Crippen molar-refractivity contribution in [3.8, 4) is 0 Å². The minimum Gasteiger partial charge on any atom is -0.456 e. The van der Waals surface area contributed by atoms with Gasteiger partial charge in [0.05, 0.1) is 16.1 Å². The van der Waals surface area contributed by atoms with E-state index in [1.165, 1.54) is 35.6 Å². The summed E-state index contributed by atoms with van der Waals surface area (Å²) in [6, 6.07) is 23.5. The van der Waals surface area contributed by atoms with Crippen molar-refractivity contribution in [2.75, 3.05) is 42.2 Å². The summed E-state index contributed by atoms with van der Waals surface area (Å²) in [5.41, 5.74) is 2.74. The van der Waals surface area contributed by atoms with Crippen LogP contribution in [-0.4, -0.2) is 88.1 Å². The SMILES string of the molecule is CCN(C1CCC(C(=O)NS(=O)(=O)NC)CC1)S(=O)(=O)c1cccc(C(=O)Nc2ccc(N3CCCCC3)nc2C(=O)Nc2ccc(CCc3ccc(C(=O)OC(C)(C)C)cc3)cc2)c1. The Labute approximate surface area is 382 Å². The average molecular weight is 930 g/mol. The second-order valence-electron chi connectivity index (χ2n) is 17.3. The molecule has 2 heterocycles. The van der Waals surface area contributed by atoms with Crippen molar-refractivity contribution in [3.05, 3.63) is 113 Å². The number of aryl methyl sites for hydroxylation is 2. The third-order valence-electron chi connectivity index (χ3n) is 11.5. The smallest absolute Gasteiger partial charge is 0.338 e. The fourth-order valence-corrected chi connectivity index (χ4v) is 10.3. The summed E-state index contributed by atoms with van der Waals surface area (Å²) >= 11 is 0. The highest BCUT2D eigenvalue weighted by atomic mass is 32.2. The van der Waals surface area contributed by atoms with Gasteiger partial charge in [-0.2, -0.15) is 12.7 Å². The highest BCUT2D eigenvalue weighted by Gasteiger charge is 2.36. The summed E-state index contributed by atoms with van der Waals surface area (Å²) in [5, 5.41) is 5.73. The molecule has 65 heavy (non-hydrogen) atoms. The van der Waals surface area contributed by atoms with Gasteiger partial charge >= 0.3 is 16.2 Å². The number of nitrogens with one attached hydrogen (secondary N) is 4. The van der Waals surface area contributed by atoms with Gasteiger partial charge in [-0.1, -0.05) is 37.3 Å². The second-order valence-corrected chi connectivity index (χ2v) is 20.8. The molecule has 1 saturated heterocycles. The molecule has 1 aliphatic carbocycles. The average Bonchev–Trinajstić information content (AvgIpc) is 3.29. The minimum atomic E-state index is -4.11. The lowest BCUT2D eigenvalue weighted by atomic mass is 9.85. The molecule has 0 radical (unpaired) electrons. The molecule has 1 aromatic heterocycles. The quantitative estimate of drug-likeness (QED) is 0.0895. The molecule has 1 saturated carbocycles. The number of sulfonamides is 1. The molecule has 4 N–H and O–H groups in total. The number of hydrogen-bond acceptors (Lipinski definition) is 11. The summed E-state index contributed by atoms with van der Waals surface area (Å²) < 4.78 is 62.7. The number of nitrogens with zero attached hydrogens (tertiary/aromatic N) is 3. The molecule has 4 aromatic rings. The van der Waals surface area contributed by atoms with Crippen LogP contribution < -0.4 is 25.0 Å². The third kappa shape index (κ3) is 13.0. The van der Waals surface area contributed by atoms with Gasteiger partial charge < -0.3 is 20.3 Å². The number of esters is 1. The van der Waals surface area contributed by atoms with Crippen LogP contribution >= 0.6 is 0 Å². The third-order valence-corrected chi connectivity index (χ3v) is 14.6. The number of hydrogen-bond donors (Lipinski definition) is 4. The van der Waals surface area contributed by atoms with Crippen LogP contribution in [0.15, 0.2) is 89.8 Å². The van der Waals surface area contributed by atoms with Crippen LogP contribution in [-0.2, 0) is 42.6 Å². The number of carbonyl (C=O) groups is 4. The number of carbonyl (C=O) groups excluding carboxylic acids is 4. The van der Waals surface area contributed by atoms with E-state index in [4.69, 9.17) is 9.72 Å². The first kappa shape index (κ1) is 48.8. The molecular formula is C47H59N7O9S2. The van der Waals surface area contributed by atoms with Gasteiger partial charge in [-0.15, -0.1) is 0 Å². The first-order valence-electron chi connectivity index (χ1n) is 22.0. The summed E-state index contributed by atoms with van der Waals surface area (Å²) in [5.74, 6) is -2.16. The number of ether oxygens (including phenoxy) is 1. The number of anilines is 3. The van der Waals surface area contributed by atoms with Crippen molar-refractivity contribution < 1.29 is 40.8 Å². The van der Waals surface area contributed by atoms with Crippen LogP contribution in [0.2, 0.25) is 0 Å². The Hall–Kier alpha value is -5.69. The number of aromatic nitrogens is 1. The molecule has 18 heteroatoms. The molecule has 3 aromatic carbocycles. The monoisotopic (exact) mass is 929 g/mol. The molecule has 16 nitrogen and oxygen atoms in total. The number of pyridine rings is 1. The Kier molecular flexibility index (Phi) is 15.8. The van der Waals surface area contributed by atoms with Gasteiger partial charge in [-0.3, -0.25) is 14.4 Å². The van der Waals surface area contributed by atoms with Crippen LogP contribution in [0.1, 0.15) is 115 Å². The van der Waals surface area contributed by atoms with E-state index in [0.29, 0.717) is 42.8 Å². The van der Waals surface area contributed by atoms with Crippen LogP contribution in [0, 0.1) is 5.92 Å². The van der Waals surface area contributed by atoms with Gasteiger partial charge in [0.25, 0.3) is 11.8 Å². The summed E-state index contributed by atoms with van der Waals surface area (Å²) in [6.45, 7) is 8.90. The topological polar surface area (TPSA) is 213 Å². The molecule has 0 atom stereocenters. The maximum atomic E-state index is 14.1. The van der Waals surface area contributed by atoms with E-state index in [1.807, 2.05) is 49.8 Å². The number of amides is 3. The zero-order valence-electron chi connectivity index (χ0n) is 37.6. The van der Waals surface area contributed by atoms with Gasteiger partial charge in [-0.05, 0) is 144 Å². The molecule has 0 spiro atoms.